The number of aryl methyl sites for hydroxylation is 1. The Hall–Kier alpha value is -12.5. The second-order valence-corrected chi connectivity index (χ2v) is 40.3. The topological polar surface area (TPSA) is 320 Å². The highest BCUT2D eigenvalue weighted by Gasteiger charge is 2.38. The predicted molar refractivity (Wildman–Crippen MR) is 500 cm³/mol. The maximum Gasteiger partial charge on any atom is 0.277 e. The lowest BCUT2D eigenvalue weighted by Gasteiger charge is -2.39. The molecule has 18 rings (SSSR count). The van der Waals surface area contributed by atoms with Crippen LogP contribution in [0.2, 0.25) is 10.0 Å². The van der Waals surface area contributed by atoms with E-state index in [1.807, 2.05) is 67.6 Å². The number of amides is 2. The van der Waals surface area contributed by atoms with E-state index in [0.29, 0.717) is 59.9 Å². The normalized spacial score (nSPS) is 17.7. The van der Waals surface area contributed by atoms with Gasteiger partial charge in [-0.25, -0.2) is 40.6 Å². The molecule has 2 amide bonds. The van der Waals surface area contributed by atoms with Gasteiger partial charge in [0.1, 0.15) is 51.6 Å². The van der Waals surface area contributed by atoms with Gasteiger partial charge < -0.3 is 38.7 Å². The molecule has 2 atom stereocenters. The summed E-state index contributed by atoms with van der Waals surface area (Å²) in [5, 5.41) is 27.7. The van der Waals surface area contributed by atoms with Crippen molar-refractivity contribution in [2.75, 3.05) is 88.5 Å². The molecule has 12 aromatic rings. The summed E-state index contributed by atoms with van der Waals surface area (Å²) >= 11 is 12.5. The molecule has 130 heavy (non-hydrogen) atoms. The van der Waals surface area contributed by atoms with E-state index in [1.54, 1.807) is 73.1 Å². The molecule has 0 radical (unpaired) electrons. The highest BCUT2D eigenvalue weighted by atomic mass is 35.5. The lowest BCUT2D eigenvalue weighted by molar-refractivity contribution is -0.386. The van der Waals surface area contributed by atoms with Crippen LogP contribution in [0.25, 0.3) is 33.2 Å². The number of aromatic nitrogens is 4. The van der Waals surface area contributed by atoms with Crippen LogP contribution in [0.5, 0.6) is 34.5 Å². The van der Waals surface area contributed by atoms with Crippen molar-refractivity contribution < 1.29 is 59.6 Å². The van der Waals surface area contributed by atoms with Crippen LogP contribution in [-0.2, 0) is 45.7 Å². The van der Waals surface area contributed by atoms with E-state index in [4.69, 9.17) is 42.1 Å². The highest BCUT2D eigenvalue weighted by molar-refractivity contribution is 7.90. The van der Waals surface area contributed by atoms with Crippen LogP contribution < -0.4 is 38.2 Å². The van der Waals surface area contributed by atoms with Crippen LogP contribution in [0, 0.1) is 55.6 Å². The zero-order valence-corrected chi connectivity index (χ0v) is 75.7. The number of halogens is 3. The molecular formula is C99H99Cl2FN12O14S2. The van der Waals surface area contributed by atoms with E-state index < -0.39 is 57.2 Å². The zero-order chi connectivity index (χ0) is 90.9. The molecule has 4 aromatic heterocycles. The number of anilines is 2. The largest absolute Gasteiger partial charge is 0.493 e. The first-order chi connectivity index (χ1) is 62.3. The van der Waals surface area contributed by atoms with Gasteiger partial charge in [0.2, 0.25) is 0 Å². The molecule has 6 aliphatic rings. The summed E-state index contributed by atoms with van der Waals surface area (Å²) < 4.78 is 98.9. The number of fused-ring (bicyclic) bond motifs is 4. The number of nitro benzene ring substituents is 2. The molecule has 8 heterocycles. The number of hydrogen-bond donors (Lipinski definition) is 4. The summed E-state index contributed by atoms with van der Waals surface area (Å²) in [5.74, 6) is -1.69. The molecule has 2 fully saturated rings. The number of piperazine rings is 2. The fraction of sp³-hybridized carbons (Fsp3) is 0.313. The Morgan fingerprint density at radius 3 is 1.41 bits per heavy atom. The first kappa shape index (κ1) is 89.5. The van der Waals surface area contributed by atoms with Gasteiger partial charge in [0.05, 0.1) is 67.5 Å². The Balaban J connectivity index is 0.000000182. The summed E-state index contributed by atoms with van der Waals surface area (Å²) in [5.41, 5.74) is 13.7. The summed E-state index contributed by atoms with van der Waals surface area (Å²) in [6.45, 7) is 19.5. The van der Waals surface area contributed by atoms with Crippen LogP contribution in [0.1, 0.15) is 126 Å². The second kappa shape index (κ2) is 37.5. The number of carbonyl (C=O) groups excluding carboxylic acids is 2. The van der Waals surface area contributed by atoms with Gasteiger partial charge in [-0.1, -0.05) is 134 Å². The number of nitrogens with one attached hydrogen (secondary N) is 4. The Kier molecular flexibility index (Phi) is 25.8. The third kappa shape index (κ3) is 20.7. The monoisotopic (exact) mass is 1830 g/mol. The second-order valence-electron chi connectivity index (χ2n) is 36.1. The Bertz CT molecular complexity index is 6670. The molecule has 0 spiro atoms. The molecule has 2 saturated heterocycles. The van der Waals surface area contributed by atoms with Gasteiger partial charge in [-0.15, -0.1) is 0 Å². The number of ether oxygens (including phenoxy) is 4. The van der Waals surface area contributed by atoms with Crippen molar-refractivity contribution in [3.63, 3.8) is 0 Å². The SMILES string of the molecule is CC1(C)CCC(CN2CCN(c3ccc(C(=O)NS(=O)(=O)c4cc5c(c([N+](=O)[O-])c4)C[C@@H](Cc4ccccc4F)CO5)c(Oc4cnc5[nH]ccc5c4)c3)CC2)=C(c2ccc(Cl)cc2)C1.Cc1ccc(C[C@H]2COc3cc(S(=O)(=O)NC(=O)c4ccc(N5CCN(CC6=C(c7ccc(Cl)cc7)CC(C)(C)CC6)CC5)cc4Oc4cnc5[nH]ccc5c4)cc([N+](=O)[O-])c3C2)cc1. The minimum atomic E-state index is -4.69. The van der Waals surface area contributed by atoms with Gasteiger partial charge >= 0.3 is 0 Å². The van der Waals surface area contributed by atoms with E-state index in [0.717, 1.165) is 146 Å². The van der Waals surface area contributed by atoms with Crippen molar-refractivity contribution in [3.8, 4) is 34.5 Å². The fourth-order valence-electron chi connectivity index (χ4n) is 18.4. The quantitative estimate of drug-likeness (QED) is 0.0322. The van der Waals surface area contributed by atoms with E-state index in [1.165, 1.54) is 70.1 Å². The third-order valence-corrected chi connectivity index (χ3v) is 28.6. The summed E-state index contributed by atoms with van der Waals surface area (Å²) in [6, 6.07) is 52.3. The average molecular weight is 1830 g/mol. The zero-order valence-electron chi connectivity index (χ0n) is 72.6. The van der Waals surface area contributed by atoms with Crippen LogP contribution in [0.4, 0.5) is 27.1 Å². The first-order valence-corrected chi connectivity index (χ1v) is 47.3. The smallest absolute Gasteiger partial charge is 0.277 e. The summed E-state index contributed by atoms with van der Waals surface area (Å²) in [6.07, 6.45) is 14.3. The molecule has 2 aliphatic carbocycles. The lowest BCUT2D eigenvalue weighted by atomic mass is 9.72. The molecule has 0 unspecified atom stereocenters. The van der Waals surface area contributed by atoms with Crippen molar-refractivity contribution in [1.82, 2.24) is 39.2 Å². The molecular weight excluding hydrogens is 1740 g/mol. The van der Waals surface area contributed by atoms with Gasteiger partial charge in [-0.05, 0) is 194 Å². The molecule has 4 aliphatic heterocycles. The van der Waals surface area contributed by atoms with Crippen molar-refractivity contribution in [3.05, 3.63) is 304 Å². The Labute approximate surface area is 763 Å². The number of aromatic amines is 2. The van der Waals surface area contributed by atoms with Crippen molar-refractivity contribution in [1.29, 1.82) is 0 Å². The number of nitrogens with zero attached hydrogens (tertiary/aromatic N) is 8. The number of nitro groups is 2. The van der Waals surface area contributed by atoms with E-state index in [9.17, 15) is 51.0 Å². The number of carbonyl (C=O) groups is 2. The van der Waals surface area contributed by atoms with Crippen molar-refractivity contribution in [2.24, 2.45) is 22.7 Å². The first-order valence-electron chi connectivity index (χ1n) is 43.5. The number of pyridine rings is 2. The van der Waals surface area contributed by atoms with Crippen molar-refractivity contribution >= 4 is 111 Å². The van der Waals surface area contributed by atoms with Gasteiger partial charge in [0, 0.05) is 158 Å². The average Bonchev–Trinajstić information content (AvgIpc) is 0.827. The minimum absolute atomic E-state index is 0.0133. The van der Waals surface area contributed by atoms with Crippen LogP contribution >= 0.6 is 23.2 Å². The van der Waals surface area contributed by atoms with Gasteiger partial charge in [0.25, 0.3) is 43.2 Å². The molecule has 672 valence electrons. The summed E-state index contributed by atoms with van der Waals surface area (Å²) in [7, 11) is -9.32. The van der Waals surface area contributed by atoms with Gasteiger partial charge in [-0.2, -0.15) is 0 Å². The van der Waals surface area contributed by atoms with Crippen LogP contribution in [0.15, 0.2) is 228 Å². The lowest BCUT2D eigenvalue weighted by Crippen LogP contribution is -2.47. The number of hydrogen-bond acceptors (Lipinski definition) is 20. The minimum Gasteiger partial charge on any atom is -0.493 e. The van der Waals surface area contributed by atoms with Gasteiger partial charge in [-0.3, -0.25) is 39.6 Å². The maximum absolute atomic E-state index is 14.4. The van der Waals surface area contributed by atoms with E-state index in [-0.39, 0.29) is 99.9 Å². The van der Waals surface area contributed by atoms with Gasteiger partial charge in [0.15, 0.2) is 0 Å². The molecule has 4 N–H and O–H groups in total. The fourth-order valence-corrected chi connectivity index (χ4v) is 20.6. The summed E-state index contributed by atoms with van der Waals surface area (Å²) in [4.78, 5) is 74.9. The molecule has 0 saturated carbocycles. The van der Waals surface area contributed by atoms with Crippen LogP contribution in [0.3, 0.4) is 0 Å². The third-order valence-electron chi connectivity index (χ3n) is 25.5. The standard InChI is InChI=1S/C50H51ClN6O7S.C49H48ClFN6O7S/c1-32-4-6-33(7-5-32)22-34-23-43-45(57(59)60)26-41(27-46(43)63-31-34)65(61,62)54-49(58)42-13-12-39(25-47(42)64-40-24-36-15-17-52-48(36)53-29-40)56-20-18-55(19-21-56)30-37-14-16-50(2,3)28-44(37)35-8-10-38(51)11-9-35;1-49(2)15-13-35(42(27-49)32-7-9-36(50)10-8-32)29-55-17-19-56(20-18-55)37-11-12-40(46(24-37)64-38-23-34-14-16-52-47(34)53-28-38)48(58)54-65(61,62)39-25-44(57(59)60)41-22-31(30-63-45(41)26-39)21-33-5-3-4-6-43(33)51/h4-13,15,17,24-27,29,34H,14,16,18-23,28,30-31H2,1-3H3,(H,52,53)(H,54,58);3-12,14,16,23-26,28,31H,13,15,17-22,27,29-30H2,1-2H3,(H,52,53)(H,54,58)/t34-;31-/m11/s1. The molecule has 31 heteroatoms. The number of H-pyrrole nitrogens is 2. The number of sulfonamides is 2. The van der Waals surface area contributed by atoms with E-state index in [2.05, 4.69) is 101 Å². The Morgan fingerprint density at radius 2 is 0.977 bits per heavy atom. The molecule has 0 bridgehead atoms. The molecule has 26 nitrogen and oxygen atoms in total. The highest BCUT2D eigenvalue weighted by Crippen LogP contribution is 2.48. The van der Waals surface area contributed by atoms with Crippen molar-refractivity contribution in [2.45, 2.75) is 109 Å². The van der Waals surface area contributed by atoms with Crippen LogP contribution in [-0.4, -0.2) is 147 Å². The number of benzene rings is 8. The van der Waals surface area contributed by atoms with E-state index >= 15 is 0 Å². The predicted octanol–water partition coefficient (Wildman–Crippen LogP) is 19.7. The Morgan fingerprint density at radius 1 is 0.546 bits per heavy atom. The molecule has 8 aromatic carbocycles. The maximum atomic E-state index is 14.4. The number of rotatable bonds is 24. The number of allylic oxidation sites excluding steroid dienone is 2.